The fourth-order valence-electron chi connectivity index (χ4n) is 5.87. The number of aryl methyl sites for hydroxylation is 1. The summed E-state index contributed by atoms with van der Waals surface area (Å²) < 4.78 is 6.18. The highest BCUT2D eigenvalue weighted by Crippen LogP contribution is 2.60. The molecule has 1 spiro atoms. The van der Waals surface area contributed by atoms with Gasteiger partial charge in [-0.1, -0.05) is 12.1 Å². The lowest BCUT2D eigenvalue weighted by Gasteiger charge is -2.59. The Hall–Kier alpha value is -1.39. The van der Waals surface area contributed by atoms with E-state index in [2.05, 4.69) is 24.8 Å². The second-order valence-electron chi connectivity index (χ2n) is 8.67. The first-order valence-electron chi connectivity index (χ1n) is 9.73. The summed E-state index contributed by atoms with van der Waals surface area (Å²) in [6.45, 7) is 6.26. The minimum atomic E-state index is -0.907. The molecule has 5 rings (SSSR count). The first-order chi connectivity index (χ1) is 12.0. The van der Waals surface area contributed by atoms with Gasteiger partial charge >= 0.3 is 0 Å². The van der Waals surface area contributed by atoms with Gasteiger partial charge < -0.3 is 9.84 Å². The van der Waals surface area contributed by atoms with Crippen molar-refractivity contribution in [2.45, 2.75) is 69.1 Å². The first kappa shape index (κ1) is 15.8. The maximum Gasteiger partial charge on any atom is 0.174 e. The second-order valence-corrected chi connectivity index (χ2v) is 8.67. The number of fused-ring (bicyclic) bond motifs is 1. The van der Waals surface area contributed by atoms with Crippen LogP contribution in [-0.4, -0.2) is 46.6 Å². The number of Topliss-reactive ketones (excluding diaryl/α,β-unsaturated/α-hetero) is 1. The Kier molecular flexibility index (Phi) is 3.21. The fourth-order valence-corrected chi connectivity index (χ4v) is 5.87. The number of carbonyl (C=O) groups excluding carboxylic acids is 1. The van der Waals surface area contributed by atoms with Gasteiger partial charge in [-0.25, -0.2) is 0 Å². The average molecular weight is 341 g/mol. The van der Waals surface area contributed by atoms with Crippen molar-refractivity contribution < 1.29 is 14.6 Å². The van der Waals surface area contributed by atoms with Crippen molar-refractivity contribution in [1.82, 2.24) is 4.90 Å². The van der Waals surface area contributed by atoms with Gasteiger partial charge in [0.2, 0.25) is 0 Å². The van der Waals surface area contributed by atoms with Crippen LogP contribution >= 0.6 is 0 Å². The number of carbonyl (C=O) groups is 1. The number of hydrogen-bond donors (Lipinski definition) is 1. The summed E-state index contributed by atoms with van der Waals surface area (Å²) in [5, 5.41) is 12.0. The van der Waals surface area contributed by atoms with Crippen molar-refractivity contribution in [3.63, 3.8) is 0 Å². The van der Waals surface area contributed by atoms with Gasteiger partial charge in [0.05, 0.1) is 11.0 Å². The van der Waals surface area contributed by atoms with Crippen molar-refractivity contribution >= 4 is 5.78 Å². The van der Waals surface area contributed by atoms with E-state index in [-0.39, 0.29) is 11.8 Å². The summed E-state index contributed by atoms with van der Waals surface area (Å²) in [6, 6.07) is 6.08. The number of benzene rings is 1. The van der Waals surface area contributed by atoms with E-state index < -0.39 is 17.1 Å². The molecule has 134 valence electrons. The van der Waals surface area contributed by atoms with E-state index in [0.717, 1.165) is 42.3 Å². The Morgan fingerprint density at radius 3 is 2.88 bits per heavy atom. The number of likely N-dealkylation sites (tertiary alicyclic amines) is 1. The summed E-state index contributed by atoms with van der Waals surface area (Å²) in [5.74, 6) is 1.76. The van der Waals surface area contributed by atoms with Crippen LogP contribution in [0.2, 0.25) is 0 Å². The molecule has 0 aromatic heterocycles. The molecule has 0 amide bonds. The van der Waals surface area contributed by atoms with Crippen molar-refractivity contribution in [1.29, 1.82) is 0 Å². The van der Waals surface area contributed by atoms with Crippen LogP contribution in [0.3, 0.4) is 0 Å². The topological polar surface area (TPSA) is 49.8 Å². The summed E-state index contributed by atoms with van der Waals surface area (Å²) in [6.07, 6.45) is 3.87. The molecule has 2 aliphatic heterocycles. The first-order valence-corrected chi connectivity index (χ1v) is 9.73. The van der Waals surface area contributed by atoms with Gasteiger partial charge in [0.25, 0.3) is 0 Å². The van der Waals surface area contributed by atoms with E-state index in [1.54, 1.807) is 0 Å². The monoisotopic (exact) mass is 341 g/mol. The molecule has 3 fully saturated rings. The highest BCUT2D eigenvalue weighted by Gasteiger charge is 2.70. The largest absolute Gasteiger partial charge is 0.481 e. The second kappa shape index (κ2) is 5.08. The lowest BCUT2D eigenvalue weighted by atomic mass is 9.52. The van der Waals surface area contributed by atoms with Gasteiger partial charge in [-0.05, 0) is 63.6 Å². The molecule has 0 bridgehead atoms. The van der Waals surface area contributed by atoms with Crippen LogP contribution in [0.15, 0.2) is 18.2 Å². The Balaban J connectivity index is 1.65. The molecular weight excluding hydrogens is 314 g/mol. The molecule has 2 unspecified atom stereocenters. The standard InChI is InChI=1S/C21H27NO3/c1-13-4-3-5-17-18(13)20-10-11-22(12-15-6-7-15)14(2)21(20,24)9-8-16(23)19(20)25-17/h3-5,14-15,19,24H,6-12H2,1-2H3/t14?,19-,20-,21?/m0/s1. The number of aliphatic hydroxyl groups is 1. The Morgan fingerprint density at radius 2 is 2.12 bits per heavy atom. The van der Waals surface area contributed by atoms with Crippen LogP contribution in [0.4, 0.5) is 0 Å². The van der Waals surface area contributed by atoms with Gasteiger partial charge in [0.1, 0.15) is 5.75 Å². The highest BCUT2D eigenvalue weighted by molar-refractivity contribution is 5.89. The van der Waals surface area contributed by atoms with Crippen LogP contribution in [0.25, 0.3) is 0 Å². The highest BCUT2D eigenvalue weighted by atomic mass is 16.5. The molecule has 0 radical (unpaired) electrons. The van der Waals surface area contributed by atoms with Gasteiger partial charge in [-0.3, -0.25) is 9.69 Å². The van der Waals surface area contributed by atoms with E-state index in [1.807, 2.05) is 12.1 Å². The molecule has 4 aliphatic rings. The van der Waals surface area contributed by atoms with Crippen LogP contribution in [-0.2, 0) is 10.2 Å². The molecule has 2 saturated carbocycles. The van der Waals surface area contributed by atoms with Crippen molar-refractivity contribution in [3.05, 3.63) is 29.3 Å². The normalized spacial score (nSPS) is 40.2. The number of ether oxygens (including phenoxy) is 1. The summed E-state index contributed by atoms with van der Waals surface area (Å²) in [4.78, 5) is 15.2. The zero-order chi connectivity index (χ0) is 17.4. The van der Waals surface area contributed by atoms with Gasteiger partial charge in [0.15, 0.2) is 11.9 Å². The minimum absolute atomic E-state index is 0.0478. The Morgan fingerprint density at radius 1 is 1.32 bits per heavy atom. The Labute approximate surface area is 149 Å². The van der Waals surface area contributed by atoms with Crippen LogP contribution in [0.5, 0.6) is 5.75 Å². The zero-order valence-corrected chi connectivity index (χ0v) is 15.1. The quantitative estimate of drug-likeness (QED) is 0.898. The predicted octanol–water partition coefficient (Wildman–Crippen LogP) is 2.59. The minimum Gasteiger partial charge on any atom is -0.481 e. The third-order valence-electron chi connectivity index (χ3n) is 7.41. The number of nitrogens with zero attached hydrogens (tertiary/aromatic N) is 1. The Bertz CT molecular complexity index is 743. The van der Waals surface area contributed by atoms with E-state index in [1.165, 1.54) is 12.8 Å². The fraction of sp³-hybridized carbons (Fsp3) is 0.667. The van der Waals surface area contributed by atoms with Crippen molar-refractivity contribution in [2.24, 2.45) is 5.92 Å². The molecule has 4 atom stereocenters. The van der Waals surface area contributed by atoms with E-state index in [0.29, 0.717) is 12.8 Å². The molecule has 1 saturated heterocycles. The summed E-state index contributed by atoms with van der Waals surface area (Å²) in [5.41, 5.74) is 0.739. The molecule has 1 N–H and O–H groups in total. The molecular formula is C21H27NO3. The molecule has 4 nitrogen and oxygen atoms in total. The lowest BCUT2D eigenvalue weighted by Crippen LogP contribution is -2.74. The molecule has 2 aliphatic carbocycles. The van der Waals surface area contributed by atoms with Gasteiger partial charge in [0, 0.05) is 24.6 Å². The van der Waals surface area contributed by atoms with E-state index >= 15 is 0 Å². The maximum atomic E-state index is 12.8. The molecule has 25 heavy (non-hydrogen) atoms. The SMILES string of the molecule is Cc1cccc2c1[C@]13CCN(CC4CC4)C(C)C1(O)CCC(=O)[C@@H]3O2. The summed E-state index contributed by atoms with van der Waals surface area (Å²) >= 11 is 0. The molecule has 1 aromatic rings. The van der Waals surface area contributed by atoms with Gasteiger partial charge in [-0.15, -0.1) is 0 Å². The molecule has 1 aromatic carbocycles. The summed E-state index contributed by atoms with van der Waals surface area (Å²) in [7, 11) is 0. The molecule has 2 heterocycles. The lowest BCUT2D eigenvalue weighted by molar-refractivity contribution is -0.181. The van der Waals surface area contributed by atoms with E-state index in [9.17, 15) is 9.90 Å². The smallest absolute Gasteiger partial charge is 0.174 e. The van der Waals surface area contributed by atoms with Crippen LogP contribution in [0.1, 0.15) is 50.2 Å². The zero-order valence-electron chi connectivity index (χ0n) is 15.1. The maximum absolute atomic E-state index is 12.8. The number of rotatable bonds is 2. The van der Waals surface area contributed by atoms with Crippen molar-refractivity contribution in [2.75, 3.05) is 13.1 Å². The number of ketones is 1. The predicted molar refractivity (Wildman–Crippen MR) is 94.8 cm³/mol. The third kappa shape index (κ3) is 1.93. The van der Waals surface area contributed by atoms with Crippen LogP contribution < -0.4 is 4.74 Å². The average Bonchev–Trinajstić information content (AvgIpc) is 3.33. The van der Waals surface area contributed by atoms with Crippen LogP contribution in [0, 0.1) is 12.8 Å². The third-order valence-corrected chi connectivity index (χ3v) is 7.41. The van der Waals surface area contributed by atoms with Crippen molar-refractivity contribution in [3.8, 4) is 5.75 Å². The van der Waals surface area contributed by atoms with E-state index in [4.69, 9.17) is 4.74 Å². The number of piperidine rings is 1. The van der Waals surface area contributed by atoms with Gasteiger partial charge in [-0.2, -0.15) is 0 Å². The number of hydrogen-bond acceptors (Lipinski definition) is 4. The molecule has 4 heteroatoms.